The van der Waals surface area contributed by atoms with E-state index in [2.05, 4.69) is 31.7 Å². The number of rotatable bonds is 8. The predicted molar refractivity (Wildman–Crippen MR) is 128 cm³/mol. The fourth-order valence-corrected chi connectivity index (χ4v) is 4.81. The number of methoxy groups -OCH3 is 3. The fourth-order valence-electron chi connectivity index (χ4n) is 4.81. The van der Waals surface area contributed by atoms with E-state index >= 15 is 0 Å². The van der Waals surface area contributed by atoms with Gasteiger partial charge in [0.15, 0.2) is 11.5 Å². The Bertz CT molecular complexity index is 906. The Labute approximate surface area is 192 Å². The van der Waals surface area contributed by atoms with Crippen molar-refractivity contribution < 1.29 is 19.0 Å². The van der Waals surface area contributed by atoms with Crippen LogP contribution in [0.15, 0.2) is 30.3 Å². The van der Waals surface area contributed by atoms with Gasteiger partial charge in [-0.25, -0.2) is 0 Å². The Morgan fingerprint density at radius 1 is 0.969 bits per heavy atom. The lowest BCUT2D eigenvalue weighted by Crippen LogP contribution is -2.45. The minimum absolute atomic E-state index is 0.148. The molecule has 174 valence electrons. The molecule has 1 amide bonds. The van der Waals surface area contributed by atoms with Gasteiger partial charge in [-0.1, -0.05) is 25.3 Å². The van der Waals surface area contributed by atoms with Crippen molar-refractivity contribution >= 4 is 5.91 Å². The van der Waals surface area contributed by atoms with Gasteiger partial charge in [-0.2, -0.15) is 0 Å². The van der Waals surface area contributed by atoms with Crippen molar-refractivity contribution in [3.63, 3.8) is 0 Å². The van der Waals surface area contributed by atoms with Gasteiger partial charge in [-0.05, 0) is 81.0 Å². The van der Waals surface area contributed by atoms with Crippen LogP contribution in [-0.2, 0) is 6.42 Å². The summed E-state index contributed by atoms with van der Waals surface area (Å²) in [5.41, 5.74) is 4.12. The Morgan fingerprint density at radius 3 is 2.09 bits per heavy atom. The number of benzene rings is 2. The molecule has 32 heavy (non-hydrogen) atoms. The van der Waals surface area contributed by atoms with Gasteiger partial charge < -0.3 is 19.1 Å². The molecule has 0 heterocycles. The molecule has 0 saturated heterocycles. The zero-order chi connectivity index (χ0) is 23.3. The molecule has 3 rings (SSSR count). The number of carbonyl (C=O) groups excluding carboxylic acids is 1. The highest BCUT2D eigenvalue weighted by Gasteiger charge is 2.28. The van der Waals surface area contributed by atoms with E-state index in [0.29, 0.717) is 29.7 Å². The number of hydrogen-bond donors (Lipinski definition) is 0. The standard InChI is InChI=1S/C27H37NO4/c1-18(2)28(23-10-8-7-9-11-23)27(29)22-13-12-21(19(3)14-22)15-20-16-24(30-4)26(32-6)25(17-20)31-5/h12-14,16-18,23H,7-11,15H2,1-6H3. The number of carbonyl (C=O) groups is 1. The SMILES string of the molecule is COc1cc(Cc2ccc(C(=O)N(C(C)C)C3CCCCC3)cc2C)cc(OC)c1OC. The Balaban J connectivity index is 1.84. The third-order valence-corrected chi connectivity index (χ3v) is 6.47. The first kappa shape index (κ1) is 24.0. The summed E-state index contributed by atoms with van der Waals surface area (Å²) in [5, 5.41) is 0. The molecular formula is C27H37NO4. The highest BCUT2D eigenvalue weighted by molar-refractivity contribution is 5.95. The van der Waals surface area contributed by atoms with E-state index in [1.54, 1.807) is 21.3 Å². The van der Waals surface area contributed by atoms with Gasteiger partial charge in [0.25, 0.3) is 5.91 Å². The van der Waals surface area contributed by atoms with Crippen LogP contribution in [0.4, 0.5) is 0 Å². The van der Waals surface area contributed by atoms with Crippen LogP contribution in [0.2, 0.25) is 0 Å². The van der Waals surface area contributed by atoms with Gasteiger partial charge in [0.1, 0.15) is 0 Å². The zero-order valence-electron chi connectivity index (χ0n) is 20.4. The highest BCUT2D eigenvalue weighted by Crippen LogP contribution is 2.39. The average Bonchev–Trinajstić information content (AvgIpc) is 2.80. The second-order valence-electron chi connectivity index (χ2n) is 8.95. The van der Waals surface area contributed by atoms with Crippen LogP contribution in [0.5, 0.6) is 17.2 Å². The molecule has 0 atom stereocenters. The van der Waals surface area contributed by atoms with E-state index in [0.717, 1.165) is 29.5 Å². The van der Waals surface area contributed by atoms with Crippen LogP contribution in [-0.4, -0.2) is 44.2 Å². The van der Waals surface area contributed by atoms with Crippen LogP contribution in [0.25, 0.3) is 0 Å². The summed E-state index contributed by atoms with van der Waals surface area (Å²) in [6.45, 7) is 6.32. The molecule has 0 radical (unpaired) electrons. The first-order valence-corrected chi connectivity index (χ1v) is 11.6. The van der Waals surface area contributed by atoms with Crippen LogP contribution in [0.3, 0.4) is 0 Å². The molecule has 0 aromatic heterocycles. The summed E-state index contributed by atoms with van der Waals surface area (Å²) in [5.74, 6) is 2.03. The molecule has 0 unspecified atom stereocenters. The van der Waals surface area contributed by atoms with Crippen molar-refractivity contribution in [2.24, 2.45) is 0 Å². The molecule has 1 aliphatic rings. The van der Waals surface area contributed by atoms with Crippen molar-refractivity contribution in [1.29, 1.82) is 0 Å². The number of aryl methyl sites for hydroxylation is 1. The predicted octanol–water partition coefficient (Wildman–Crippen LogP) is 5.79. The number of nitrogens with zero attached hydrogens (tertiary/aromatic N) is 1. The van der Waals surface area contributed by atoms with Crippen LogP contribution in [0.1, 0.15) is 73.0 Å². The molecule has 5 nitrogen and oxygen atoms in total. The number of amides is 1. The lowest BCUT2D eigenvalue weighted by Gasteiger charge is -2.37. The topological polar surface area (TPSA) is 48.0 Å². The van der Waals surface area contributed by atoms with Crippen LogP contribution < -0.4 is 14.2 Å². The molecule has 2 aromatic carbocycles. The van der Waals surface area contributed by atoms with Crippen molar-refractivity contribution in [3.05, 3.63) is 52.6 Å². The average molecular weight is 440 g/mol. The fraction of sp³-hybridized carbons (Fsp3) is 0.519. The molecule has 0 spiro atoms. The lowest BCUT2D eigenvalue weighted by atomic mass is 9.92. The van der Waals surface area contributed by atoms with Crippen molar-refractivity contribution in [2.75, 3.05) is 21.3 Å². The van der Waals surface area contributed by atoms with Crippen molar-refractivity contribution in [3.8, 4) is 17.2 Å². The molecule has 0 N–H and O–H groups in total. The normalized spacial score (nSPS) is 14.3. The van der Waals surface area contributed by atoms with E-state index < -0.39 is 0 Å². The van der Waals surface area contributed by atoms with Gasteiger partial charge in [0.05, 0.1) is 21.3 Å². The van der Waals surface area contributed by atoms with Gasteiger partial charge >= 0.3 is 0 Å². The molecule has 1 fully saturated rings. The minimum Gasteiger partial charge on any atom is -0.493 e. The van der Waals surface area contributed by atoms with E-state index in [-0.39, 0.29) is 11.9 Å². The molecule has 1 aliphatic carbocycles. The monoisotopic (exact) mass is 439 g/mol. The minimum atomic E-state index is 0.148. The molecule has 0 bridgehead atoms. The van der Waals surface area contributed by atoms with Gasteiger partial charge in [0.2, 0.25) is 5.75 Å². The number of hydrogen-bond acceptors (Lipinski definition) is 4. The van der Waals surface area contributed by atoms with Crippen molar-refractivity contribution in [1.82, 2.24) is 4.90 Å². The van der Waals surface area contributed by atoms with E-state index in [1.165, 1.54) is 24.8 Å². The second-order valence-corrected chi connectivity index (χ2v) is 8.95. The molecule has 2 aromatic rings. The first-order valence-electron chi connectivity index (χ1n) is 11.6. The second kappa shape index (κ2) is 10.8. The smallest absolute Gasteiger partial charge is 0.254 e. The molecule has 1 saturated carbocycles. The Hall–Kier alpha value is -2.69. The quantitative estimate of drug-likeness (QED) is 0.522. The Morgan fingerprint density at radius 2 is 1.59 bits per heavy atom. The number of ether oxygens (including phenoxy) is 3. The molecule has 0 aliphatic heterocycles. The first-order chi connectivity index (χ1) is 15.4. The highest BCUT2D eigenvalue weighted by atomic mass is 16.5. The van der Waals surface area contributed by atoms with Gasteiger partial charge in [-0.15, -0.1) is 0 Å². The van der Waals surface area contributed by atoms with Crippen molar-refractivity contribution in [2.45, 2.75) is 71.4 Å². The van der Waals surface area contributed by atoms with E-state index in [1.807, 2.05) is 24.3 Å². The largest absolute Gasteiger partial charge is 0.493 e. The lowest BCUT2D eigenvalue weighted by molar-refractivity contribution is 0.0555. The van der Waals surface area contributed by atoms with E-state index in [4.69, 9.17) is 14.2 Å². The summed E-state index contributed by atoms with van der Waals surface area (Å²) in [6.07, 6.45) is 6.66. The maximum absolute atomic E-state index is 13.4. The third kappa shape index (κ3) is 5.20. The van der Waals surface area contributed by atoms with Crippen LogP contribution in [0, 0.1) is 6.92 Å². The Kier molecular flexibility index (Phi) is 8.05. The molecular weight excluding hydrogens is 402 g/mol. The van der Waals surface area contributed by atoms with E-state index in [9.17, 15) is 4.79 Å². The summed E-state index contributed by atoms with van der Waals surface area (Å²) in [4.78, 5) is 15.5. The summed E-state index contributed by atoms with van der Waals surface area (Å²) >= 11 is 0. The van der Waals surface area contributed by atoms with Crippen LogP contribution >= 0.6 is 0 Å². The third-order valence-electron chi connectivity index (χ3n) is 6.47. The summed E-state index contributed by atoms with van der Waals surface area (Å²) < 4.78 is 16.4. The summed E-state index contributed by atoms with van der Waals surface area (Å²) in [6, 6.07) is 10.6. The van der Waals surface area contributed by atoms with Gasteiger partial charge in [-0.3, -0.25) is 4.79 Å². The maximum atomic E-state index is 13.4. The summed E-state index contributed by atoms with van der Waals surface area (Å²) in [7, 11) is 4.85. The molecule has 5 heteroatoms. The van der Waals surface area contributed by atoms with Gasteiger partial charge in [0, 0.05) is 17.6 Å². The maximum Gasteiger partial charge on any atom is 0.254 e. The zero-order valence-corrected chi connectivity index (χ0v) is 20.4.